The number of imidazole rings is 1. The Morgan fingerprint density at radius 2 is 2.11 bits per heavy atom. The molecule has 0 spiro atoms. The highest BCUT2D eigenvalue weighted by molar-refractivity contribution is 5.29. The molecule has 1 heterocycles. The van der Waals surface area contributed by atoms with Crippen molar-refractivity contribution in [3.63, 3.8) is 0 Å². The Kier molecular flexibility index (Phi) is 4.98. The Balaban J connectivity index is 2.02. The van der Waals surface area contributed by atoms with E-state index in [0.29, 0.717) is 0 Å². The van der Waals surface area contributed by atoms with Crippen LogP contribution in [0.4, 0.5) is 0 Å². The molecule has 0 fully saturated rings. The van der Waals surface area contributed by atoms with Crippen LogP contribution in [0.5, 0.6) is 5.75 Å². The SMILES string of the molecule is CCCOc1ccc(C(Cn2ccnc2)NC)cc1. The summed E-state index contributed by atoms with van der Waals surface area (Å²) in [6, 6.07) is 8.56. The number of likely N-dealkylation sites (N-methyl/N-ethyl adjacent to an activating group) is 1. The van der Waals surface area contributed by atoms with E-state index in [2.05, 4.69) is 33.9 Å². The fraction of sp³-hybridized carbons (Fsp3) is 0.400. The first-order valence-electron chi connectivity index (χ1n) is 6.69. The van der Waals surface area contributed by atoms with Gasteiger partial charge in [0.25, 0.3) is 0 Å². The highest BCUT2D eigenvalue weighted by Crippen LogP contribution is 2.19. The number of hydrogen-bond acceptors (Lipinski definition) is 3. The molecule has 0 saturated heterocycles. The van der Waals surface area contributed by atoms with Crippen LogP contribution in [0.15, 0.2) is 43.0 Å². The topological polar surface area (TPSA) is 39.1 Å². The van der Waals surface area contributed by atoms with E-state index in [-0.39, 0.29) is 6.04 Å². The first-order valence-corrected chi connectivity index (χ1v) is 6.69. The van der Waals surface area contributed by atoms with Crippen LogP contribution < -0.4 is 10.1 Å². The van der Waals surface area contributed by atoms with Crippen LogP contribution in [0, 0.1) is 0 Å². The van der Waals surface area contributed by atoms with E-state index in [9.17, 15) is 0 Å². The second kappa shape index (κ2) is 6.95. The molecular weight excluding hydrogens is 238 g/mol. The van der Waals surface area contributed by atoms with Gasteiger partial charge in [-0.15, -0.1) is 0 Å². The lowest BCUT2D eigenvalue weighted by atomic mass is 10.1. The van der Waals surface area contributed by atoms with E-state index in [0.717, 1.165) is 25.3 Å². The normalized spacial score (nSPS) is 12.3. The number of ether oxygens (including phenoxy) is 1. The van der Waals surface area contributed by atoms with Gasteiger partial charge in [0, 0.05) is 25.0 Å². The Hall–Kier alpha value is -1.81. The molecular formula is C15H21N3O. The highest BCUT2D eigenvalue weighted by atomic mass is 16.5. The third kappa shape index (κ3) is 3.83. The second-order valence-corrected chi connectivity index (χ2v) is 4.52. The molecule has 4 nitrogen and oxygen atoms in total. The van der Waals surface area contributed by atoms with E-state index >= 15 is 0 Å². The lowest BCUT2D eigenvalue weighted by Gasteiger charge is -2.17. The predicted molar refractivity (Wildman–Crippen MR) is 76.3 cm³/mol. The number of benzene rings is 1. The Morgan fingerprint density at radius 3 is 2.68 bits per heavy atom. The number of nitrogens with one attached hydrogen (secondary N) is 1. The zero-order valence-electron chi connectivity index (χ0n) is 11.5. The number of hydrogen-bond donors (Lipinski definition) is 1. The van der Waals surface area contributed by atoms with Crippen molar-refractivity contribution < 1.29 is 4.74 Å². The molecule has 0 aliphatic carbocycles. The maximum absolute atomic E-state index is 5.59. The highest BCUT2D eigenvalue weighted by Gasteiger charge is 2.09. The summed E-state index contributed by atoms with van der Waals surface area (Å²) >= 11 is 0. The largest absolute Gasteiger partial charge is 0.494 e. The number of rotatable bonds is 7. The van der Waals surface area contributed by atoms with Crippen molar-refractivity contribution in [2.45, 2.75) is 25.9 Å². The van der Waals surface area contributed by atoms with Crippen LogP contribution in [0.3, 0.4) is 0 Å². The average Bonchev–Trinajstić information content (AvgIpc) is 2.96. The standard InChI is InChI=1S/C15H21N3O/c1-3-10-19-14-6-4-13(5-7-14)15(16-2)11-18-9-8-17-12-18/h4-9,12,15-16H,3,10-11H2,1-2H3. The smallest absolute Gasteiger partial charge is 0.119 e. The molecule has 0 aliphatic rings. The van der Waals surface area contributed by atoms with Gasteiger partial charge < -0.3 is 14.6 Å². The maximum Gasteiger partial charge on any atom is 0.119 e. The van der Waals surface area contributed by atoms with Crippen molar-refractivity contribution in [3.8, 4) is 5.75 Å². The molecule has 2 aromatic rings. The maximum atomic E-state index is 5.59. The van der Waals surface area contributed by atoms with Gasteiger partial charge in [-0.1, -0.05) is 19.1 Å². The van der Waals surface area contributed by atoms with E-state index in [1.54, 1.807) is 6.20 Å². The summed E-state index contributed by atoms with van der Waals surface area (Å²) in [6.45, 7) is 3.74. The van der Waals surface area contributed by atoms with E-state index in [1.807, 2.05) is 31.7 Å². The molecule has 1 aromatic heterocycles. The molecule has 0 saturated carbocycles. The van der Waals surface area contributed by atoms with Crippen molar-refractivity contribution in [2.24, 2.45) is 0 Å². The van der Waals surface area contributed by atoms with Gasteiger partial charge in [-0.3, -0.25) is 0 Å². The quantitative estimate of drug-likeness (QED) is 0.831. The van der Waals surface area contributed by atoms with Crippen molar-refractivity contribution in [3.05, 3.63) is 48.5 Å². The summed E-state index contributed by atoms with van der Waals surface area (Å²) in [6.07, 6.45) is 6.64. The third-order valence-electron chi connectivity index (χ3n) is 3.06. The molecule has 1 N–H and O–H groups in total. The molecule has 0 aliphatic heterocycles. The van der Waals surface area contributed by atoms with Gasteiger partial charge in [-0.2, -0.15) is 0 Å². The minimum absolute atomic E-state index is 0.273. The van der Waals surface area contributed by atoms with Crippen LogP contribution in [-0.4, -0.2) is 23.2 Å². The minimum atomic E-state index is 0.273. The fourth-order valence-electron chi connectivity index (χ4n) is 1.99. The van der Waals surface area contributed by atoms with Crippen LogP contribution in [0.25, 0.3) is 0 Å². The minimum Gasteiger partial charge on any atom is -0.494 e. The van der Waals surface area contributed by atoms with Gasteiger partial charge in [-0.05, 0) is 31.2 Å². The summed E-state index contributed by atoms with van der Waals surface area (Å²) in [5.41, 5.74) is 1.25. The summed E-state index contributed by atoms with van der Waals surface area (Å²) in [5, 5.41) is 3.33. The van der Waals surface area contributed by atoms with Crippen molar-refractivity contribution in [1.29, 1.82) is 0 Å². The molecule has 0 bridgehead atoms. The molecule has 1 unspecified atom stereocenters. The molecule has 0 radical (unpaired) electrons. The van der Waals surface area contributed by atoms with Crippen molar-refractivity contribution >= 4 is 0 Å². The molecule has 102 valence electrons. The molecule has 0 amide bonds. The zero-order chi connectivity index (χ0) is 13.5. The first-order chi connectivity index (χ1) is 9.33. The molecule has 2 rings (SSSR count). The first kappa shape index (κ1) is 13.6. The Labute approximate surface area is 114 Å². The molecule has 1 aromatic carbocycles. The van der Waals surface area contributed by atoms with Crippen molar-refractivity contribution in [2.75, 3.05) is 13.7 Å². The van der Waals surface area contributed by atoms with Crippen LogP contribution in [-0.2, 0) is 6.54 Å². The van der Waals surface area contributed by atoms with Gasteiger partial charge in [0.1, 0.15) is 5.75 Å². The van der Waals surface area contributed by atoms with Crippen molar-refractivity contribution in [1.82, 2.24) is 14.9 Å². The van der Waals surface area contributed by atoms with E-state index < -0.39 is 0 Å². The van der Waals surface area contributed by atoms with Crippen LogP contribution in [0.1, 0.15) is 24.9 Å². The summed E-state index contributed by atoms with van der Waals surface area (Å²) < 4.78 is 7.67. The van der Waals surface area contributed by atoms with E-state index in [4.69, 9.17) is 4.74 Å². The van der Waals surface area contributed by atoms with E-state index in [1.165, 1.54) is 5.56 Å². The fourth-order valence-corrected chi connectivity index (χ4v) is 1.99. The number of nitrogens with zero attached hydrogens (tertiary/aromatic N) is 2. The van der Waals surface area contributed by atoms with Gasteiger partial charge in [0.15, 0.2) is 0 Å². The predicted octanol–water partition coefficient (Wildman–Crippen LogP) is 2.63. The Bertz CT molecular complexity index is 465. The molecule has 1 atom stereocenters. The monoisotopic (exact) mass is 259 g/mol. The van der Waals surface area contributed by atoms with Gasteiger partial charge in [-0.25, -0.2) is 4.98 Å². The van der Waals surface area contributed by atoms with Gasteiger partial charge in [0.05, 0.1) is 12.9 Å². The molecule has 19 heavy (non-hydrogen) atoms. The lowest BCUT2D eigenvalue weighted by molar-refractivity contribution is 0.317. The second-order valence-electron chi connectivity index (χ2n) is 4.52. The van der Waals surface area contributed by atoms with Crippen LogP contribution in [0.2, 0.25) is 0 Å². The molecule has 4 heteroatoms. The third-order valence-corrected chi connectivity index (χ3v) is 3.06. The van der Waals surface area contributed by atoms with Gasteiger partial charge in [0.2, 0.25) is 0 Å². The van der Waals surface area contributed by atoms with Crippen LogP contribution >= 0.6 is 0 Å². The summed E-state index contributed by atoms with van der Waals surface area (Å²) in [5.74, 6) is 0.933. The zero-order valence-corrected chi connectivity index (χ0v) is 11.5. The average molecular weight is 259 g/mol. The number of aromatic nitrogens is 2. The summed E-state index contributed by atoms with van der Waals surface area (Å²) in [4.78, 5) is 4.07. The lowest BCUT2D eigenvalue weighted by Crippen LogP contribution is -2.21. The van der Waals surface area contributed by atoms with Gasteiger partial charge >= 0.3 is 0 Å². The Morgan fingerprint density at radius 1 is 1.32 bits per heavy atom. The summed E-state index contributed by atoms with van der Waals surface area (Å²) in [7, 11) is 1.98.